The number of allylic oxidation sites excluding steroid dienone is 4. The average Bonchev–Trinajstić information content (AvgIpc) is 3.52. The molecule has 4 N–H and O–H groups in total. The Morgan fingerprint density at radius 1 is 0.836 bits per heavy atom. The number of hydrogen-bond acceptors (Lipinski definition) is 11. The van der Waals surface area contributed by atoms with E-state index in [-0.39, 0.29) is 21.6 Å². The number of hydrogen-bond donors (Lipinski definition) is 3. The Hall–Kier alpha value is -3.97. The lowest BCUT2D eigenvalue weighted by Gasteiger charge is -2.30. The number of unbranched alkanes of at least 4 members (excludes halogenated alkanes) is 2. The minimum absolute atomic E-state index is 0.0291. The van der Waals surface area contributed by atoms with Gasteiger partial charge in [-0.1, -0.05) is 19.9 Å². The number of fused-ring (bicyclic) bond motifs is 2. The molecule has 2 aromatic rings. The summed E-state index contributed by atoms with van der Waals surface area (Å²) < 4.78 is 74.8. The summed E-state index contributed by atoms with van der Waals surface area (Å²) >= 11 is 0. The SMILES string of the molecule is CCN1/C(=C\C=C\C2=[N+](CCCCCC(=O)NCCC[N+](C)(C)CCCN(C)CCCC(=O)NN)c3ccc(S(=O)(=O)[O-])cc3C2(C)C)C(C)(C)c2cc(S(=O)(=O)[O-])ccc21. The van der Waals surface area contributed by atoms with E-state index in [9.17, 15) is 35.5 Å². The number of anilines is 1. The Kier molecular flexibility index (Phi) is 16.7. The fourth-order valence-corrected chi connectivity index (χ4v) is 9.56. The van der Waals surface area contributed by atoms with E-state index in [2.05, 4.69) is 46.3 Å². The van der Waals surface area contributed by atoms with Crippen LogP contribution in [0.5, 0.6) is 0 Å². The third kappa shape index (κ3) is 12.8. The molecule has 0 unspecified atom stereocenters. The minimum atomic E-state index is -4.68. The lowest BCUT2D eigenvalue weighted by Crippen LogP contribution is -2.43. The first kappa shape index (κ1) is 49.7. The van der Waals surface area contributed by atoms with Gasteiger partial charge in [0, 0.05) is 86.2 Å². The number of hydrazine groups is 1. The van der Waals surface area contributed by atoms with E-state index in [1.165, 1.54) is 24.3 Å². The van der Waals surface area contributed by atoms with Crippen molar-refractivity contribution < 1.29 is 44.6 Å². The number of nitrogens with two attached hydrogens (primary N) is 1. The maximum atomic E-state index is 12.7. The van der Waals surface area contributed by atoms with Crippen molar-refractivity contribution in [2.45, 2.75) is 107 Å². The van der Waals surface area contributed by atoms with Crippen LogP contribution in [0.25, 0.3) is 0 Å². The first-order valence-corrected chi connectivity index (χ1v) is 24.0. The fraction of sp³-hybridized carbons (Fsp3) is 0.568. The summed E-state index contributed by atoms with van der Waals surface area (Å²) in [5.74, 6) is 5.03. The van der Waals surface area contributed by atoms with E-state index in [1.54, 1.807) is 12.1 Å². The number of amides is 2. The molecule has 0 radical (unpaired) electrons. The Bertz CT molecular complexity index is 2230. The van der Waals surface area contributed by atoms with Crippen molar-refractivity contribution in [2.24, 2.45) is 5.84 Å². The Morgan fingerprint density at radius 2 is 1.44 bits per heavy atom. The first-order chi connectivity index (χ1) is 28.4. The Labute approximate surface area is 363 Å². The van der Waals surface area contributed by atoms with Crippen LogP contribution in [0.4, 0.5) is 11.4 Å². The zero-order chi connectivity index (χ0) is 45.4. The van der Waals surface area contributed by atoms with Crippen molar-refractivity contribution in [2.75, 3.05) is 71.9 Å². The van der Waals surface area contributed by atoms with Crippen molar-refractivity contribution in [3.63, 3.8) is 0 Å². The number of nitrogens with one attached hydrogen (secondary N) is 2. The van der Waals surface area contributed by atoms with Gasteiger partial charge in [0.15, 0.2) is 5.71 Å². The molecule has 338 valence electrons. The number of carbonyl (C=O) groups is 2. The normalized spacial score (nSPS) is 16.8. The number of carbonyl (C=O) groups excluding carboxylic acids is 2. The fourth-order valence-electron chi connectivity index (χ4n) is 8.56. The maximum Gasteiger partial charge on any atom is 0.233 e. The van der Waals surface area contributed by atoms with Crippen LogP contribution >= 0.6 is 0 Å². The minimum Gasteiger partial charge on any atom is -0.744 e. The highest BCUT2D eigenvalue weighted by Crippen LogP contribution is 2.48. The van der Waals surface area contributed by atoms with E-state index in [0.29, 0.717) is 38.9 Å². The van der Waals surface area contributed by atoms with Gasteiger partial charge >= 0.3 is 0 Å². The molecule has 17 heteroatoms. The number of quaternary nitrogens is 1. The molecule has 0 aromatic heterocycles. The van der Waals surface area contributed by atoms with Crippen LogP contribution in [0.2, 0.25) is 0 Å². The van der Waals surface area contributed by atoms with Crippen LogP contribution in [0, 0.1) is 0 Å². The number of nitrogens with zero attached hydrogens (tertiary/aromatic N) is 4. The van der Waals surface area contributed by atoms with Crippen molar-refractivity contribution in [1.82, 2.24) is 15.6 Å². The summed E-state index contributed by atoms with van der Waals surface area (Å²) in [5, 5.41) is 3.07. The van der Waals surface area contributed by atoms with Gasteiger partial charge in [-0.2, -0.15) is 4.58 Å². The van der Waals surface area contributed by atoms with Crippen LogP contribution < -0.4 is 21.5 Å². The van der Waals surface area contributed by atoms with Crippen molar-refractivity contribution >= 4 is 49.1 Å². The van der Waals surface area contributed by atoms with Crippen LogP contribution in [0.15, 0.2) is 70.1 Å². The molecule has 2 heterocycles. The molecule has 2 amide bonds. The molecule has 15 nitrogen and oxygen atoms in total. The summed E-state index contributed by atoms with van der Waals surface area (Å²) in [6.07, 6.45) is 11.7. The van der Waals surface area contributed by atoms with Gasteiger partial charge in [-0.25, -0.2) is 22.7 Å². The van der Waals surface area contributed by atoms with E-state index < -0.39 is 31.1 Å². The molecule has 0 saturated carbocycles. The van der Waals surface area contributed by atoms with E-state index in [1.807, 2.05) is 52.8 Å². The number of rotatable bonds is 23. The third-order valence-electron chi connectivity index (χ3n) is 12.1. The Morgan fingerprint density at radius 3 is 2.08 bits per heavy atom. The highest BCUT2D eigenvalue weighted by molar-refractivity contribution is 7.86. The molecule has 0 atom stereocenters. The summed E-state index contributed by atoms with van der Waals surface area (Å²) in [6, 6.07) is 9.01. The smallest absolute Gasteiger partial charge is 0.233 e. The first-order valence-electron chi connectivity index (χ1n) is 21.2. The molecule has 0 fully saturated rings. The van der Waals surface area contributed by atoms with Gasteiger partial charge in [0.2, 0.25) is 17.5 Å². The summed E-state index contributed by atoms with van der Waals surface area (Å²) in [5.41, 5.74) is 5.85. The zero-order valence-corrected chi connectivity index (χ0v) is 38.9. The topological polar surface area (TPSA) is 208 Å². The maximum absolute atomic E-state index is 12.7. The lowest BCUT2D eigenvalue weighted by molar-refractivity contribution is -0.890. The van der Waals surface area contributed by atoms with Crippen LogP contribution in [-0.4, -0.2) is 124 Å². The van der Waals surface area contributed by atoms with Gasteiger partial charge in [-0.15, -0.1) is 0 Å². The van der Waals surface area contributed by atoms with Crippen LogP contribution in [0.3, 0.4) is 0 Å². The third-order valence-corrected chi connectivity index (χ3v) is 13.7. The van der Waals surface area contributed by atoms with E-state index in [4.69, 9.17) is 5.84 Å². The molecule has 2 aromatic carbocycles. The Balaban J connectivity index is 1.36. The van der Waals surface area contributed by atoms with E-state index in [0.717, 1.165) is 96.7 Å². The van der Waals surface area contributed by atoms with Crippen LogP contribution in [-0.2, 0) is 40.7 Å². The van der Waals surface area contributed by atoms with Gasteiger partial charge in [-0.05, 0) is 95.6 Å². The molecule has 2 aliphatic heterocycles. The van der Waals surface area contributed by atoms with Gasteiger partial charge in [0.1, 0.15) is 26.8 Å². The molecule has 4 rings (SSSR count). The standard InChI is InChI=1S/C44H67N7O8S2/c1-9-49-37-23-21-33(60(54,55)56)31-35(37)43(2,3)39(49)17-13-18-40-44(4,5)36-32-34(61(57,58)59)22-24-38(36)50(40)28-12-10-11-19-41(52)46-25-15-29-51(7,8)30-16-27-48(6)26-14-20-42(53)47-45/h13,17-18,21-24,31-32H,9-12,14-16,19-20,25-30,45H2,1-8H3,(H2-2,46,47,52,53,54,55,56,57,58,59). The van der Waals surface area contributed by atoms with Gasteiger partial charge in [-0.3, -0.25) is 15.0 Å². The number of benzene rings is 2. The zero-order valence-electron chi connectivity index (χ0n) is 37.3. The quantitative estimate of drug-likeness (QED) is 0.0272. The molecule has 0 bridgehead atoms. The molecular formula is C44H67N7O8S2. The molecule has 0 aliphatic carbocycles. The molecular weight excluding hydrogens is 819 g/mol. The predicted octanol–water partition coefficient (Wildman–Crippen LogP) is 4.36. The van der Waals surface area contributed by atoms with Gasteiger partial charge < -0.3 is 28.7 Å². The average molecular weight is 886 g/mol. The monoisotopic (exact) mass is 885 g/mol. The van der Waals surface area contributed by atoms with Crippen LogP contribution in [0.1, 0.15) is 97.1 Å². The lowest BCUT2D eigenvalue weighted by atomic mass is 9.81. The highest BCUT2D eigenvalue weighted by atomic mass is 32.2. The summed E-state index contributed by atoms with van der Waals surface area (Å²) in [7, 11) is -2.85. The molecule has 0 spiro atoms. The predicted molar refractivity (Wildman–Crippen MR) is 237 cm³/mol. The van der Waals surface area contributed by atoms with Crippen molar-refractivity contribution in [1.29, 1.82) is 0 Å². The van der Waals surface area contributed by atoms with Gasteiger partial charge in [0.25, 0.3) is 0 Å². The summed E-state index contributed by atoms with van der Waals surface area (Å²) in [4.78, 5) is 27.8. The second-order valence-electron chi connectivity index (χ2n) is 17.9. The largest absolute Gasteiger partial charge is 0.744 e. The molecule has 0 saturated heterocycles. The summed E-state index contributed by atoms with van der Waals surface area (Å²) in [6.45, 7) is 15.6. The van der Waals surface area contributed by atoms with E-state index >= 15 is 0 Å². The second kappa shape index (κ2) is 20.5. The molecule has 61 heavy (non-hydrogen) atoms. The van der Waals surface area contributed by atoms with Crippen molar-refractivity contribution in [3.8, 4) is 0 Å². The second-order valence-corrected chi connectivity index (χ2v) is 20.7. The highest BCUT2D eigenvalue weighted by Gasteiger charge is 2.45. The molecule has 2 aliphatic rings. The van der Waals surface area contributed by atoms with Crippen molar-refractivity contribution in [3.05, 3.63) is 71.5 Å². The van der Waals surface area contributed by atoms with Gasteiger partial charge in [0.05, 0.1) is 42.4 Å². The number of likely N-dealkylation sites (N-methyl/N-ethyl adjacent to an activating group) is 1.